The maximum absolute atomic E-state index is 12.6. The van der Waals surface area contributed by atoms with Crippen molar-refractivity contribution in [2.75, 3.05) is 5.32 Å². The van der Waals surface area contributed by atoms with Crippen LogP contribution in [-0.4, -0.2) is 11.0 Å². The average molecular weight is 461 g/mol. The molecule has 126 valence electrons. The minimum absolute atomic E-state index is 0.00154. The fourth-order valence-corrected chi connectivity index (χ4v) is 3.28. The summed E-state index contributed by atoms with van der Waals surface area (Å²) in [6, 6.07) is 20.6. The molecule has 2 N–H and O–H groups in total. The molecule has 0 spiro atoms. The predicted molar refractivity (Wildman–Crippen MR) is 107 cm³/mol. The number of nitrogens with one attached hydrogen (secondary N) is 1. The number of benzene rings is 3. The molecule has 5 heteroatoms. The molecule has 0 aliphatic rings. The Hall–Kier alpha value is -2.11. The largest absolute Gasteiger partial charge is 0.507 e. The molecule has 3 nitrogen and oxygen atoms in total. The molecule has 3 aromatic rings. The number of hydrogen-bond donors (Lipinski definition) is 2. The van der Waals surface area contributed by atoms with Crippen LogP contribution in [0.3, 0.4) is 0 Å². The van der Waals surface area contributed by atoms with E-state index in [1.165, 1.54) is 0 Å². The van der Waals surface area contributed by atoms with E-state index >= 15 is 0 Å². The Balaban J connectivity index is 1.88. The van der Waals surface area contributed by atoms with Crippen LogP contribution in [0.5, 0.6) is 5.75 Å². The molecule has 0 atom stereocenters. The molecule has 3 aromatic carbocycles. The van der Waals surface area contributed by atoms with Crippen molar-refractivity contribution in [1.29, 1.82) is 0 Å². The Kier molecular flexibility index (Phi) is 5.56. The summed E-state index contributed by atoms with van der Waals surface area (Å²) in [5.41, 5.74) is 2.66. The third-order valence-electron chi connectivity index (χ3n) is 3.74. The monoisotopic (exact) mass is 459 g/mol. The summed E-state index contributed by atoms with van der Waals surface area (Å²) in [5, 5.41) is 13.4. The zero-order valence-electron chi connectivity index (χ0n) is 13.2. The van der Waals surface area contributed by atoms with E-state index in [-0.39, 0.29) is 17.2 Å². The van der Waals surface area contributed by atoms with Crippen LogP contribution in [0.4, 0.5) is 5.69 Å². The molecule has 1 amide bonds. The molecule has 0 heterocycles. The highest BCUT2D eigenvalue weighted by Gasteiger charge is 2.16. The van der Waals surface area contributed by atoms with Gasteiger partial charge >= 0.3 is 0 Å². The molecular weight excluding hydrogens is 446 g/mol. The summed E-state index contributed by atoms with van der Waals surface area (Å²) in [5.74, 6) is -0.350. The number of phenols is 1. The van der Waals surface area contributed by atoms with Gasteiger partial charge in [-0.05, 0) is 42.0 Å². The van der Waals surface area contributed by atoms with Crippen LogP contribution in [0, 0.1) is 0 Å². The van der Waals surface area contributed by atoms with Gasteiger partial charge in [0.2, 0.25) is 0 Å². The first kappa shape index (κ1) is 17.7. The lowest BCUT2D eigenvalue weighted by atomic mass is 10.0. The average Bonchev–Trinajstić information content (AvgIpc) is 2.60. The number of aromatic hydroxyl groups is 1. The second kappa shape index (κ2) is 7.85. The number of carbonyl (C=O) groups is 1. The molecule has 0 bridgehead atoms. The minimum atomic E-state index is -0.351. The summed E-state index contributed by atoms with van der Waals surface area (Å²) < 4.78 is 1.68. The lowest BCUT2D eigenvalue weighted by Gasteiger charge is -2.12. The Morgan fingerprint density at radius 1 is 0.920 bits per heavy atom. The standard InChI is InChI=1S/C20H15Br2NO2/c21-15-6-8-17(9-7-15)23-20(25)18-12-16(22)11-14(19(18)24)10-13-4-2-1-3-5-13/h1-9,11-12,24H,10H2,(H,23,25). The molecule has 0 aliphatic carbocycles. The van der Waals surface area contributed by atoms with E-state index in [4.69, 9.17) is 0 Å². The van der Waals surface area contributed by atoms with Crippen molar-refractivity contribution >= 4 is 43.5 Å². The van der Waals surface area contributed by atoms with Crippen molar-refractivity contribution in [1.82, 2.24) is 0 Å². The molecule has 0 fully saturated rings. The van der Waals surface area contributed by atoms with Gasteiger partial charge in [-0.2, -0.15) is 0 Å². The first-order chi connectivity index (χ1) is 12.0. The molecular formula is C20H15Br2NO2. The van der Waals surface area contributed by atoms with Gasteiger partial charge in [0.05, 0.1) is 5.56 Å². The number of anilines is 1. The Morgan fingerprint density at radius 2 is 1.60 bits per heavy atom. The maximum Gasteiger partial charge on any atom is 0.259 e. The molecule has 0 saturated carbocycles. The second-order valence-electron chi connectivity index (χ2n) is 5.58. The van der Waals surface area contributed by atoms with Gasteiger partial charge in [-0.25, -0.2) is 0 Å². The molecule has 0 radical (unpaired) electrons. The van der Waals surface area contributed by atoms with E-state index in [9.17, 15) is 9.90 Å². The van der Waals surface area contributed by atoms with Crippen molar-refractivity contribution in [3.05, 3.63) is 92.4 Å². The van der Waals surface area contributed by atoms with Crippen molar-refractivity contribution in [3.63, 3.8) is 0 Å². The van der Waals surface area contributed by atoms with Crippen LogP contribution in [0.25, 0.3) is 0 Å². The molecule has 0 unspecified atom stereocenters. The van der Waals surface area contributed by atoms with Crippen LogP contribution < -0.4 is 5.32 Å². The topological polar surface area (TPSA) is 49.3 Å². The fraction of sp³-hybridized carbons (Fsp3) is 0.0500. The van der Waals surface area contributed by atoms with E-state index in [1.807, 2.05) is 48.5 Å². The summed E-state index contributed by atoms with van der Waals surface area (Å²) >= 11 is 6.79. The van der Waals surface area contributed by atoms with Crippen LogP contribution in [0.1, 0.15) is 21.5 Å². The highest BCUT2D eigenvalue weighted by molar-refractivity contribution is 9.10. The number of halogens is 2. The van der Waals surface area contributed by atoms with Gasteiger partial charge in [0, 0.05) is 26.6 Å². The molecule has 25 heavy (non-hydrogen) atoms. The summed E-state index contributed by atoms with van der Waals surface area (Å²) in [6.07, 6.45) is 0.546. The lowest BCUT2D eigenvalue weighted by Crippen LogP contribution is -2.13. The van der Waals surface area contributed by atoms with Gasteiger partial charge in [0.1, 0.15) is 5.75 Å². The Labute approximate surface area is 163 Å². The SMILES string of the molecule is O=C(Nc1ccc(Br)cc1)c1cc(Br)cc(Cc2ccccc2)c1O. The first-order valence-corrected chi connectivity index (χ1v) is 9.24. The van der Waals surface area contributed by atoms with Crippen LogP contribution in [0.15, 0.2) is 75.7 Å². The molecule has 0 aliphatic heterocycles. The van der Waals surface area contributed by atoms with Crippen LogP contribution >= 0.6 is 31.9 Å². The number of amides is 1. The van der Waals surface area contributed by atoms with Crippen molar-refractivity contribution in [2.45, 2.75) is 6.42 Å². The third kappa shape index (κ3) is 4.50. The molecule has 3 rings (SSSR count). The van der Waals surface area contributed by atoms with Crippen molar-refractivity contribution in [2.24, 2.45) is 0 Å². The normalized spacial score (nSPS) is 10.5. The van der Waals surface area contributed by atoms with E-state index in [1.54, 1.807) is 18.2 Å². The smallest absolute Gasteiger partial charge is 0.259 e. The first-order valence-electron chi connectivity index (χ1n) is 7.65. The van der Waals surface area contributed by atoms with Crippen molar-refractivity contribution < 1.29 is 9.90 Å². The van der Waals surface area contributed by atoms with Gasteiger partial charge in [0.15, 0.2) is 0 Å². The lowest BCUT2D eigenvalue weighted by molar-refractivity contribution is 0.102. The number of phenolic OH excluding ortho intramolecular Hbond substituents is 1. The number of hydrogen-bond acceptors (Lipinski definition) is 2. The van der Waals surface area contributed by atoms with E-state index in [0.29, 0.717) is 17.7 Å². The highest BCUT2D eigenvalue weighted by Crippen LogP contribution is 2.30. The molecule has 0 saturated heterocycles. The fourth-order valence-electron chi connectivity index (χ4n) is 2.51. The van der Waals surface area contributed by atoms with Gasteiger partial charge in [-0.15, -0.1) is 0 Å². The minimum Gasteiger partial charge on any atom is -0.507 e. The summed E-state index contributed by atoms with van der Waals surface area (Å²) in [4.78, 5) is 12.6. The summed E-state index contributed by atoms with van der Waals surface area (Å²) in [7, 11) is 0. The van der Waals surface area contributed by atoms with Crippen molar-refractivity contribution in [3.8, 4) is 5.75 Å². The zero-order valence-corrected chi connectivity index (χ0v) is 16.3. The van der Waals surface area contributed by atoms with E-state index in [0.717, 1.165) is 14.5 Å². The quantitative estimate of drug-likeness (QED) is 0.519. The maximum atomic E-state index is 12.6. The van der Waals surface area contributed by atoms with Gasteiger partial charge in [-0.3, -0.25) is 4.79 Å². The highest BCUT2D eigenvalue weighted by atomic mass is 79.9. The number of carbonyl (C=O) groups excluding carboxylic acids is 1. The second-order valence-corrected chi connectivity index (χ2v) is 7.42. The van der Waals surface area contributed by atoms with Gasteiger partial charge in [0.25, 0.3) is 5.91 Å². The van der Waals surface area contributed by atoms with Gasteiger partial charge in [-0.1, -0.05) is 62.2 Å². The van der Waals surface area contributed by atoms with E-state index < -0.39 is 0 Å². The van der Waals surface area contributed by atoms with Gasteiger partial charge < -0.3 is 10.4 Å². The Morgan fingerprint density at radius 3 is 2.28 bits per heavy atom. The van der Waals surface area contributed by atoms with E-state index in [2.05, 4.69) is 37.2 Å². The third-order valence-corrected chi connectivity index (χ3v) is 4.72. The number of rotatable bonds is 4. The zero-order chi connectivity index (χ0) is 17.8. The van der Waals surface area contributed by atoms with Crippen LogP contribution in [-0.2, 0) is 6.42 Å². The Bertz CT molecular complexity index is 894. The van der Waals surface area contributed by atoms with Crippen LogP contribution in [0.2, 0.25) is 0 Å². The molecule has 0 aromatic heterocycles. The summed E-state index contributed by atoms with van der Waals surface area (Å²) in [6.45, 7) is 0. The predicted octanol–water partition coefficient (Wildman–Crippen LogP) is 5.76.